The Kier molecular flexibility index (Phi) is 4.97. The second-order valence-electron chi connectivity index (χ2n) is 6.84. The van der Waals surface area contributed by atoms with Crippen molar-refractivity contribution < 1.29 is 4.79 Å². The molecule has 1 amide bonds. The lowest BCUT2D eigenvalue weighted by molar-refractivity contribution is -0.126. The molecule has 1 atom stereocenters. The molecule has 0 spiro atoms. The van der Waals surface area contributed by atoms with Gasteiger partial charge in [0.05, 0.1) is 0 Å². The highest BCUT2D eigenvalue weighted by molar-refractivity contribution is 5.86. The number of benzene rings is 2. The zero-order valence-corrected chi connectivity index (χ0v) is 13.7. The molecule has 3 nitrogen and oxygen atoms in total. The van der Waals surface area contributed by atoms with Gasteiger partial charge in [0, 0.05) is 13.0 Å². The van der Waals surface area contributed by atoms with Crippen LogP contribution in [0, 0.1) is 5.41 Å². The molecule has 1 aliphatic heterocycles. The molecule has 3 heteroatoms. The first-order valence-corrected chi connectivity index (χ1v) is 8.66. The summed E-state index contributed by atoms with van der Waals surface area (Å²) in [6.07, 6.45) is 5.91. The summed E-state index contributed by atoms with van der Waals surface area (Å²) in [4.78, 5) is 12.0. The van der Waals surface area contributed by atoms with Gasteiger partial charge >= 0.3 is 0 Å². The third-order valence-electron chi connectivity index (χ3n) is 5.12. The first-order chi connectivity index (χ1) is 11.2. The van der Waals surface area contributed by atoms with Crippen LogP contribution in [0.2, 0.25) is 0 Å². The van der Waals surface area contributed by atoms with E-state index in [0.717, 1.165) is 45.2 Å². The number of nitrogens with one attached hydrogen (secondary N) is 1. The number of nitrogens with two attached hydrogens (primary N) is 1. The molecule has 0 radical (unpaired) electrons. The Morgan fingerprint density at radius 3 is 2.74 bits per heavy atom. The van der Waals surface area contributed by atoms with Gasteiger partial charge in [0.25, 0.3) is 0 Å². The van der Waals surface area contributed by atoms with Gasteiger partial charge in [-0.25, -0.2) is 0 Å². The van der Waals surface area contributed by atoms with Gasteiger partial charge in [-0.3, -0.25) is 4.79 Å². The fourth-order valence-electron chi connectivity index (χ4n) is 3.91. The molecular weight excluding hydrogens is 284 g/mol. The number of fused-ring (bicyclic) bond motifs is 1. The molecular formula is C20H26N2O. The van der Waals surface area contributed by atoms with Crippen LogP contribution < -0.4 is 11.1 Å². The molecule has 1 aliphatic rings. The molecule has 1 saturated heterocycles. The van der Waals surface area contributed by atoms with Crippen molar-refractivity contribution in [3.8, 4) is 0 Å². The van der Waals surface area contributed by atoms with E-state index in [4.69, 9.17) is 5.73 Å². The second-order valence-corrected chi connectivity index (χ2v) is 6.84. The first kappa shape index (κ1) is 16.0. The lowest BCUT2D eigenvalue weighted by atomic mass is 9.70. The van der Waals surface area contributed by atoms with E-state index in [1.807, 2.05) is 0 Å². The highest BCUT2D eigenvalue weighted by atomic mass is 16.1. The lowest BCUT2D eigenvalue weighted by Gasteiger charge is -2.37. The third-order valence-corrected chi connectivity index (χ3v) is 5.12. The fraction of sp³-hybridized carbons (Fsp3) is 0.450. The van der Waals surface area contributed by atoms with Crippen LogP contribution in [0.25, 0.3) is 10.8 Å². The van der Waals surface area contributed by atoms with Crippen LogP contribution in [-0.2, 0) is 11.2 Å². The van der Waals surface area contributed by atoms with Gasteiger partial charge in [-0.15, -0.1) is 0 Å². The molecule has 122 valence electrons. The zero-order valence-electron chi connectivity index (χ0n) is 13.7. The summed E-state index contributed by atoms with van der Waals surface area (Å²) in [5.74, 6) is 0.198. The summed E-state index contributed by atoms with van der Waals surface area (Å²) in [6, 6.07) is 15.0. The molecule has 1 heterocycles. The van der Waals surface area contributed by atoms with E-state index in [1.165, 1.54) is 16.3 Å². The summed E-state index contributed by atoms with van der Waals surface area (Å²) in [5.41, 5.74) is 7.11. The topological polar surface area (TPSA) is 55.1 Å². The number of amides is 1. The van der Waals surface area contributed by atoms with Crippen molar-refractivity contribution in [1.82, 2.24) is 5.32 Å². The second kappa shape index (κ2) is 7.14. The molecule has 1 fully saturated rings. The van der Waals surface area contributed by atoms with Crippen LogP contribution in [0.15, 0.2) is 42.5 Å². The first-order valence-electron chi connectivity index (χ1n) is 8.66. The van der Waals surface area contributed by atoms with Crippen molar-refractivity contribution in [2.75, 3.05) is 13.1 Å². The third kappa shape index (κ3) is 3.73. The monoisotopic (exact) mass is 310 g/mol. The van der Waals surface area contributed by atoms with Crippen LogP contribution in [0.1, 0.15) is 37.7 Å². The molecule has 1 unspecified atom stereocenters. The average Bonchev–Trinajstić information content (AvgIpc) is 2.55. The van der Waals surface area contributed by atoms with E-state index in [-0.39, 0.29) is 11.3 Å². The number of unbranched alkanes of at least 4 members (excludes halogenated alkanes) is 1. The predicted molar refractivity (Wildman–Crippen MR) is 95.2 cm³/mol. The normalized spacial score (nSPS) is 21.3. The van der Waals surface area contributed by atoms with Gasteiger partial charge in [-0.05, 0) is 54.0 Å². The predicted octanol–water partition coefficient (Wildman–Crippen LogP) is 3.41. The maximum Gasteiger partial charge on any atom is 0.220 e. The maximum absolute atomic E-state index is 12.0. The Bertz CT molecular complexity index is 677. The van der Waals surface area contributed by atoms with Crippen molar-refractivity contribution in [2.24, 2.45) is 11.1 Å². The number of rotatable bonds is 6. The molecule has 3 N–H and O–H groups in total. The smallest absolute Gasteiger partial charge is 0.220 e. The van der Waals surface area contributed by atoms with Crippen molar-refractivity contribution in [1.29, 1.82) is 0 Å². The largest absolute Gasteiger partial charge is 0.356 e. The SMILES string of the molecule is NCCCCC1(Cc2cccc3ccccc23)CCNC(=O)C1. The minimum Gasteiger partial charge on any atom is -0.356 e. The summed E-state index contributed by atoms with van der Waals surface area (Å²) < 4.78 is 0. The van der Waals surface area contributed by atoms with Gasteiger partial charge < -0.3 is 11.1 Å². The van der Waals surface area contributed by atoms with Gasteiger partial charge in [0.2, 0.25) is 5.91 Å². The van der Waals surface area contributed by atoms with Crippen LogP contribution in [-0.4, -0.2) is 19.0 Å². The Morgan fingerprint density at radius 2 is 1.91 bits per heavy atom. The summed E-state index contributed by atoms with van der Waals surface area (Å²) in [6.45, 7) is 1.53. The molecule has 0 saturated carbocycles. The highest BCUT2D eigenvalue weighted by Crippen LogP contribution is 2.39. The Hall–Kier alpha value is -1.87. The standard InChI is InChI=1S/C20H26N2O/c21-12-4-3-10-20(11-13-22-19(23)15-20)14-17-8-5-7-16-6-1-2-9-18(16)17/h1-2,5-9H,3-4,10-15,21H2,(H,22,23). The number of hydrogen-bond donors (Lipinski definition) is 2. The van der Waals surface area contributed by atoms with E-state index in [9.17, 15) is 4.79 Å². The van der Waals surface area contributed by atoms with E-state index in [2.05, 4.69) is 47.8 Å². The van der Waals surface area contributed by atoms with E-state index < -0.39 is 0 Å². The summed E-state index contributed by atoms with van der Waals surface area (Å²) >= 11 is 0. The lowest BCUT2D eigenvalue weighted by Crippen LogP contribution is -2.42. The molecule has 0 aliphatic carbocycles. The number of carbonyl (C=O) groups excluding carboxylic acids is 1. The van der Waals surface area contributed by atoms with Gasteiger partial charge in [-0.1, -0.05) is 48.9 Å². The molecule has 2 aromatic carbocycles. The molecule has 0 bridgehead atoms. The minimum atomic E-state index is 0.0849. The van der Waals surface area contributed by atoms with Crippen LogP contribution >= 0.6 is 0 Å². The van der Waals surface area contributed by atoms with Crippen molar-refractivity contribution in [2.45, 2.75) is 38.5 Å². The van der Waals surface area contributed by atoms with Crippen molar-refractivity contribution in [3.05, 3.63) is 48.0 Å². The van der Waals surface area contributed by atoms with Crippen molar-refractivity contribution in [3.63, 3.8) is 0 Å². The highest BCUT2D eigenvalue weighted by Gasteiger charge is 2.35. The molecule has 2 aromatic rings. The quantitative estimate of drug-likeness (QED) is 0.803. The van der Waals surface area contributed by atoms with Crippen LogP contribution in [0.5, 0.6) is 0 Å². The van der Waals surface area contributed by atoms with Crippen molar-refractivity contribution >= 4 is 16.7 Å². The number of piperidine rings is 1. The van der Waals surface area contributed by atoms with Gasteiger partial charge in [0.1, 0.15) is 0 Å². The number of carbonyl (C=O) groups is 1. The molecule has 23 heavy (non-hydrogen) atoms. The number of hydrogen-bond acceptors (Lipinski definition) is 2. The summed E-state index contributed by atoms with van der Waals surface area (Å²) in [7, 11) is 0. The minimum absolute atomic E-state index is 0.0849. The fourth-order valence-corrected chi connectivity index (χ4v) is 3.91. The average molecular weight is 310 g/mol. The van der Waals surface area contributed by atoms with E-state index in [1.54, 1.807) is 0 Å². The molecule has 3 rings (SSSR count). The van der Waals surface area contributed by atoms with E-state index in [0.29, 0.717) is 6.42 Å². The Morgan fingerprint density at radius 1 is 1.09 bits per heavy atom. The van der Waals surface area contributed by atoms with Crippen LogP contribution in [0.3, 0.4) is 0 Å². The van der Waals surface area contributed by atoms with Crippen LogP contribution in [0.4, 0.5) is 0 Å². The molecule has 0 aromatic heterocycles. The Labute approximate surface area is 138 Å². The van der Waals surface area contributed by atoms with E-state index >= 15 is 0 Å². The van der Waals surface area contributed by atoms with Gasteiger partial charge in [-0.2, -0.15) is 0 Å². The van der Waals surface area contributed by atoms with Gasteiger partial charge in [0.15, 0.2) is 0 Å². The zero-order chi connectivity index (χ0) is 16.1. The summed E-state index contributed by atoms with van der Waals surface area (Å²) in [5, 5.41) is 5.59. The maximum atomic E-state index is 12.0. The Balaban J connectivity index is 1.89.